The number of benzene rings is 2. The summed E-state index contributed by atoms with van der Waals surface area (Å²) in [5.41, 5.74) is -0.603. The second kappa shape index (κ2) is 5.33. The minimum atomic E-state index is -0.797. The molecule has 1 aliphatic heterocycles. The first-order chi connectivity index (χ1) is 12.6. The summed E-state index contributed by atoms with van der Waals surface area (Å²) in [5.74, 6) is -1.53. The van der Waals surface area contributed by atoms with Crippen molar-refractivity contribution in [2.24, 2.45) is 0 Å². The maximum Gasteiger partial charge on any atom is 0.238 e. The first-order valence-electron chi connectivity index (χ1n) is 8.38. The summed E-state index contributed by atoms with van der Waals surface area (Å²) in [6.07, 6.45) is -0.229. The summed E-state index contributed by atoms with van der Waals surface area (Å²) in [4.78, 5) is 12.8. The highest BCUT2D eigenvalue weighted by molar-refractivity contribution is 5.91. The molecule has 4 rings (SSSR count). The molecule has 1 aliphatic rings. The molecular formula is C20H18O7. The van der Waals surface area contributed by atoms with Crippen LogP contribution >= 0.6 is 0 Å². The fourth-order valence-corrected chi connectivity index (χ4v) is 3.42. The van der Waals surface area contributed by atoms with Crippen LogP contribution in [-0.4, -0.2) is 26.5 Å². The minimum absolute atomic E-state index is 0.0431. The van der Waals surface area contributed by atoms with E-state index in [9.17, 15) is 25.2 Å². The van der Waals surface area contributed by atoms with E-state index in [4.69, 9.17) is 9.15 Å². The van der Waals surface area contributed by atoms with Gasteiger partial charge in [-0.3, -0.25) is 4.79 Å². The maximum absolute atomic E-state index is 12.8. The Morgan fingerprint density at radius 1 is 1.00 bits per heavy atom. The van der Waals surface area contributed by atoms with Gasteiger partial charge in [-0.15, -0.1) is 0 Å². The monoisotopic (exact) mass is 370 g/mol. The van der Waals surface area contributed by atoms with Gasteiger partial charge in [-0.1, -0.05) is 13.8 Å². The van der Waals surface area contributed by atoms with Crippen molar-refractivity contribution in [1.29, 1.82) is 0 Å². The number of rotatable bonds is 1. The van der Waals surface area contributed by atoms with Crippen molar-refractivity contribution in [1.82, 2.24) is 0 Å². The molecule has 1 atom stereocenters. The van der Waals surface area contributed by atoms with Crippen molar-refractivity contribution in [3.05, 3.63) is 40.1 Å². The van der Waals surface area contributed by atoms with Crippen molar-refractivity contribution in [3.63, 3.8) is 0 Å². The third-order valence-corrected chi connectivity index (χ3v) is 5.30. The summed E-state index contributed by atoms with van der Waals surface area (Å²) in [7, 11) is 0. The molecule has 140 valence electrons. The van der Waals surface area contributed by atoms with Gasteiger partial charge >= 0.3 is 0 Å². The average Bonchev–Trinajstić information content (AvgIpc) is 2.82. The molecule has 0 fully saturated rings. The lowest BCUT2D eigenvalue weighted by atomic mass is 9.80. The Kier molecular flexibility index (Phi) is 3.37. The Morgan fingerprint density at radius 3 is 2.37 bits per heavy atom. The number of hydrogen-bond donors (Lipinski definition) is 4. The highest BCUT2D eigenvalue weighted by atomic mass is 16.5. The number of fused-ring (bicyclic) bond motifs is 2. The lowest BCUT2D eigenvalue weighted by Crippen LogP contribution is -2.29. The number of aromatic hydroxyl groups is 4. The fraction of sp³-hybridized carbons (Fsp3) is 0.250. The highest BCUT2D eigenvalue weighted by Gasteiger charge is 2.42. The quantitative estimate of drug-likeness (QED) is 0.485. The Labute approximate surface area is 153 Å². The van der Waals surface area contributed by atoms with E-state index < -0.39 is 22.3 Å². The molecule has 0 spiro atoms. The molecule has 7 heteroatoms. The van der Waals surface area contributed by atoms with Gasteiger partial charge in [0, 0.05) is 22.6 Å². The number of hydrogen-bond acceptors (Lipinski definition) is 7. The number of ether oxygens (including phenoxy) is 1. The van der Waals surface area contributed by atoms with Crippen LogP contribution in [0.25, 0.3) is 22.3 Å². The van der Waals surface area contributed by atoms with Crippen molar-refractivity contribution >= 4 is 11.0 Å². The highest BCUT2D eigenvalue weighted by Crippen LogP contribution is 2.50. The van der Waals surface area contributed by atoms with E-state index in [1.807, 2.05) is 20.8 Å². The normalized spacial score (nSPS) is 17.7. The Balaban J connectivity index is 2.05. The molecule has 0 radical (unpaired) electrons. The van der Waals surface area contributed by atoms with Crippen LogP contribution in [0.4, 0.5) is 0 Å². The first kappa shape index (κ1) is 17.1. The summed E-state index contributed by atoms with van der Waals surface area (Å²) < 4.78 is 11.5. The zero-order valence-corrected chi connectivity index (χ0v) is 14.9. The molecule has 1 unspecified atom stereocenters. The van der Waals surface area contributed by atoms with Crippen LogP contribution in [0.1, 0.15) is 26.3 Å². The van der Waals surface area contributed by atoms with Crippen LogP contribution < -0.4 is 10.2 Å². The molecule has 7 nitrogen and oxygen atoms in total. The van der Waals surface area contributed by atoms with Gasteiger partial charge in [-0.05, 0) is 25.1 Å². The molecule has 2 aromatic carbocycles. The predicted molar refractivity (Wildman–Crippen MR) is 97.7 cm³/mol. The van der Waals surface area contributed by atoms with Gasteiger partial charge in [-0.25, -0.2) is 0 Å². The molecule has 1 aromatic heterocycles. The zero-order valence-electron chi connectivity index (χ0n) is 14.9. The third kappa shape index (κ3) is 2.24. The molecule has 0 amide bonds. The molecular weight excluding hydrogens is 352 g/mol. The van der Waals surface area contributed by atoms with Crippen LogP contribution in [-0.2, 0) is 5.41 Å². The SMILES string of the molecule is CC1Oc2cc3oc(-c4ccc(O)c(O)c4)c(O)c(=O)c3c(O)c2C1(C)C. The Hall–Kier alpha value is -3.35. The van der Waals surface area contributed by atoms with Gasteiger partial charge in [0.25, 0.3) is 0 Å². The van der Waals surface area contributed by atoms with Crippen molar-refractivity contribution < 1.29 is 29.6 Å². The second-order valence-electron chi connectivity index (χ2n) is 7.27. The van der Waals surface area contributed by atoms with Gasteiger partial charge in [0.1, 0.15) is 28.6 Å². The smallest absolute Gasteiger partial charge is 0.238 e. The van der Waals surface area contributed by atoms with Gasteiger partial charge in [0.15, 0.2) is 17.3 Å². The lowest BCUT2D eigenvalue weighted by molar-refractivity contribution is 0.185. The topological polar surface area (TPSA) is 120 Å². The van der Waals surface area contributed by atoms with Crippen LogP contribution in [0, 0.1) is 0 Å². The zero-order chi connectivity index (χ0) is 19.7. The van der Waals surface area contributed by atoms with Gasteiger partial charge in [0.2, 0.25) is 11.2 Å². The average molecular weight is 370 g/mol. The first-order valence-corrected chi connectivity index (χ1v) is 8.38. The third-order valence-electron chi connectivity index (χ3n) is 5.30. The van der Waals surface area contributed by atoms with E-state index in [0.717, 1.165) is 6.07 Å². The van der Waals surface area contributed by atoms with Gasteiger partial charge in [0.05, 0.1) is 0 Å². The van der Waals surface area contributed by atoms with Crippen molar-refractivity contribution in [2.45, 2.75) is 32.3 Å². The molecule has 0 bridgehead atoms. The Bertz CT molecular complexity index is 1160. The number of phenols is 3. The second-order valence-corrected chi connectivity index (χ2v) is 7.27. The van der Waals surface area contributed by atoms with E-state index in [0.29, 0.717) is 11.3 Å². The van der Waals surface area contributed by atoms with E-state index in [2.05, 4.69) is 0 Å². The molecule has 0 saturated carbocycles. The van der Waals surface area contributed by atoms with Crippen LogP contribution in [0.5, 0.6) is 28.7 Å². The van der Waals surface area contributed by atoms with Gasteiger partial charge in [-0.2, -0.15) is 0 Å². The van der Waals surface area contributed by atoms with Gasteiger partial charge < -0.3 is 29.6 Å². The fourth-order valence-electron chi connectivity index (χ4n) is 3.42. The molecule has 3 aromatic rings. The van der Waals surface area contributed by atoms with E-state index in [1.165, 1.54) is 18.2 Å². The molecule has 0 saturated heterocycles. The summed E-state index contributed by atoms with van der Waals surface area (Å²) >= 11 is 0. The van der Waals surface area contributed by atoms with Crippen molar-refractivity contribution in [3.8, 4) is 40.1 Å². The summed E-state index contributed by atoms with van der Waals surface area (Å²) in [6.45, 7) is 5.65. The minimum Gasteiger partial charge on any atom is -0.507 e. The lowest BCUT2D eigenvalue weighted by Gasteiger charge is -2.22. The molecule has 2 heterocycles. The van der Waals surface area contributed by atoms with E-state index in [-0.39, 0.29) is 39.9 Å². The van der Waals surface area contributed by atoms with Crippen LogP contribution in [0.3, 0.4) is 0 Å². The van der Waals surface area contributed by atoms with Crippen LogP contribution in [0.15, 0.2) is 33.5 Å². The molecule has 4 N–H and O–H groups in total. The van der Waals surface area contributed by atoms with Crippen LogP contribution in [0.2, 0.25) is 0 Å². The summed E-state index contributed by atoms with van der Waals surface area (Å²) in [6, 6.07) is 5.27. The van der Waals surface area contributed by atoms with Crippen molar-refractivity contribution in [2.75, 3.05) is 0 Å². The molecule has 27 heavy (non-hydrogen) atoms. The summed E-state index contributed by atoms with van der Waals surface area (Å²) in [5, 5.41) is 40.1. The Morgan fingerprint density at radius 2 is 1.70 bits per heavy atom. The van der Waals surface area contributed by atoms with E-state index >= 15 is 0 Å². The predicted octanol–water partition coefficient (Wildman–Crippen LogP) is 3.34. The van der Waals surface area contributed by atoms with E-state index in [1.54, 1.807) is 0 Å². The standard InChI is InChI=1S/C20H18O7/c1-8-20(2,3)15-13(26-8)7-12-14(16(15)23)17(24)18(25)19(27-12)9-4-5-10(21)11(22)6-9/h4-8,21-23,25H,1-3H3. The number of phenolic OH excluding ortho intramolecular Hbond substituents is 3. The largest absolute Gasteiger partial charge is 0.507 e. The molecule has 0 aliphatic carbocycles. The maximum atomic E-state index is 12.8.